The molecule has 6 aromatic heterocycles. The minimum atomic E-state index is -0.483. The maximum Gasteiger partial charge on any atom is 0.410 e. The van der Waals surface area contributed by atoms with Crippen LogP contribution in [0.2, 0.25) is 0 Å². The number of pyridine rings is 5. The van der Waals surface area contributed by atoms with Gasteiger partial charge in [-0.1, -0.05) is 6.07 Å². The van der Waals surface area contributed by atoms with Crippen molar-refractivity contribution in [1.82, 2.24) is 71.3 Å². The van der Waals surface area contributed by atoms with Crippen molar-refractivity contribution in [2.75, 3.05) is 127 Å². The van der Waals surface area contributed by atoms with Crippen LogP contribution in [-0.2, 0) is 16.0 Å². The van der Waals surface area contributed by atoms with E-state index in [9.17, 15) is 33.6 Å². The number of halogens is 3. The SMILES string of the molecule is CCNC(=O)c1ccc(Br)c(C)n1.CCNC(=O)c1ccc(N2CCN(C(=O)OC(C)(C)C)CC2)c(C)n1.CCNC(=O)c1ccc(N2CCN(Cc3ccc4nc(C)c(=O)[nH]c4c3F)CC2)c(C)n1.CCNC(=O)c1ccc(N2CCNCC2)c(C)n1.COC(=O)c1ccc(Br)c(C)n1. The number of carbonyl (C=O) groups is 6. The molecule has 9 heterocycles. The molecule has 1 aromatic carbocycles. The summed E-state index contributed by atoms with van der Waals surface area (Å²) in [6.45, 7) is 36.7. The van der Waals surface area contributed by atoms with Crippen molar-refractivity contribution in [3.05, 3.63) is 166 Å². The number of aryl methyl sites for hydroxylation is 6. The van der Waals surface area contributed by atoms with Gasteiger partial charge < -0.3 is 60.6 Å². The normalized spacial score (nSPS) is 13.7. The number of hydrogen-bond acceptors (Lipinski definition) is 20. The highest BCUT2D eigenvalue weighted by Gasteiger charge is 2.28. The van der Waals surface area contributed by atoms with E-state index < -0.39 is 17.4 Å². The van der Waals surface area contributed by atoms with Gasteiger partial charge in [-0.25, -0.2) is 43.9 Å². The lowest BCUT2D eigenvalue weighted by Crippen LogP contribution is -2.50. The summed E-state index contributed by atoms with van der Waals surface area (Å²) >= 11 is 6.61. The van der Waals surface area contributed by atoms with Gasteiger partial charge in [0.15, 0.2) is 5.82 Å². The lowest BCUT2D eigenvalue weighted by Gasteiger charge is -2.37. The summed E-state index contributed by atoms with van der Waals surface area (Å²) in [6, 6.07) is 21.6. The fourth-order valence-corrected chi connectivity index (χ4v) is 11.1. The maximum absolute atomic E-state index is 15.0. The highest BCUT2D eigenvalue weighted by molar-refractivity contribution is 9.10. The molecule has 29 heteroatoms. The van der Waals surface area contributed by atoms with Crippen LogP contribution in [0.1, 0.15) is 141 Å². The van der Waals surface area contributed by atoms with E-state index in [0.717, 1.165) is 107 Å². The second-order valence-electron chi connectivity index (χ2n) is 24.4. The summed E-state index contributed by atoms with van der Waals surface area (Å²) in [4.78, 5) is 121. The summed E-state index contributed by atoms with van der Waals surface area (Å²) in [7, 11) is 1.33. The largest absolute Gasteiger partial charge is 0.464 e. The van der Waals surface area contributed by atoms with Crippen molar-refractivity contribution in [1.29, 1.82) is 0 Å². The van der Waals surface area contributed by atoms with E-state index in [2.05, 4.69) is 118 Å². The van der Waals surface area contributed by atoms with Crippen molar-refractivity contribution in [3.8, 4) is 0 Å². The van der Waals surface area contributed by atoms with Gasteiger partial charge in [-0.05, 0) is 189 Å². The molecule has 0 unspecified atom stereocenters. The second kappa shape index (κ2) is 38.5. The Hall–Kier alpha value is -9.06. The van der Waals surface area contributed by atoms with Gasteiger partial charge in [0.05, 0.1) is 58.2 Å². The molecule has 0 saturated carbocycles. The highest BCUT2D eigenvalue weighted by atomic mass is 79.9. The number of H-pyrrole nitrogens is 1. The average molecular weight is 1510 g/mol. The molecule has 0 radical (unpaired) electrons. The molecule has 5 amide bonds. The van der Waals surface area contributed by atoms with Crippen LogP contribution in [0.5, 0.6) is 0 Å². The Kier molecular flexibility index (Phi) is 30.8. The predicted molar refractivity (Wildman–Crippen MR) is 393 cm³/mol. The number of aromatic amines is 1. The Bertz CT molecular complexity index is 4040. The van der Waals surface area contributed by atoms with Gasteiger partial charge in [-0.2, -0.15) is 0 Å². The first-order valence-electron chi connectivity index (χ1n) is 33.3. The third kappa shape index (κ3) is 23.3. The molecular formula is C71H94Br2FN17O9. The zero-order chi connectivity index (χ0) is 73.4. The van der Waals surface area contributed by atoms with E-state index in [1.54, 1.807) is 60.4 Å². The smallest absolute Gasteiger partial charge is 0.410 e. The van der Waals surface area contributed by atoms with Gasteiger partial charge in [0.25, 0.3) is 29.2 Å². The molecule has 3 fully saturated rings. The molecule has 6 N–H and O–H groups in total. The summed E-state index contributed by atoms with van der Waals surface area (Å²) in [5.41, 5.74) is 10.0. The molecule has 7 aromatic rings. The van der Waals surface area contributed by atoms with E-state index in [4.69, 9.17) is 4.74 Å². The number of nitrogens with one attached hydrogen (secondary N) is 6. The number of aromatic nitrogens is 7. The quantitative estimate of drug-likeness (QED) is 0.0554. The zero-order valence-corrected chi connectivity index (χ0v) is 62.8. The second-order valence-corrected chi connectivity index (χ2v) is 26.1. The van der Waals surface area contributed by atoms with Crippen molar-refractivity contribution < 1.29 is 42.6 Å². The van der Waals surface area contributed by atoms with Gasteiger partial charge in [-0.3, -0.25) is 28.9 Å². The number of hydrogen-bond donors (Lipinski definition) is 6. The first kappa shape index (κ1) is 79.9. The Morgan fingerprint density at radius 1 is 0.500 bits per heavy atom. The molecule has 100 heavy (non-hydrogen) atoms. The third-order valence-corrected chi connectivity index (χ3v) is 17.5. The lowest BCUT2D eigenvalue weighted by atomic mass is 10.1. The standard InChI is InChI=1S/C23H27FN6O2.C18H28N4O3.C13H20N4O.C9H11BrN2O.C8H8BrNO2/c1-4-25-23(32)18-7-8-19(14(2)26-18)30-11-9-29(10-12-30)13-16-5-6-17-21(20(16)24)28-22(31)15(3)27-17;1-6-19-16(23)14-7-8-15(13(2)20-14)21-9-11-22(12-10-21)17(24)25-18(3,4)5;1-3-15-13(18)11-4-5-12(10(2)16-11)17-8-6-14-7-9-17;1-3-11-9(13)8-5-4-7(10)6(2)12-8;1-5-6(9)3-4-7(10-5)8(11)12-2/h5-8H,4,9-13H2,1-3H3,(H,25,32)(H,28,31);7-8H,6,9-12H2,1-5H3,(H,19,23);4-5,14H,3,6-9H2,1-2H3,(H,15,18);4-5H,3H2,1-2H3,(H,11,13);3-4H,1-2H3. The van der Waals surface area contributed by atoms with Crippen LogP contribution >= 0.6 is 31.9 Å². The molecule has 26 nitrogen and oxygen atoms in total. The van der Waals surface area contributed by atoms with E-state index in [-0.39, 0.29) is 40.8 Å². The van der Waals surface area contributed by atoms with Crippen LogP contribution in [0.3, 0.4) is 0 Å². The Morgan fingerprint density at radius 2 is 0.880 bits per heavy atom. The molecule has 10 rings (SSSR count). The van der Waals surface area contributed by atoms with Crippen LogP contribution in [0.25, 0.3) is 11.0 Å². The minimum Gasteiger partial charge on any atom is -0.464 e. The van der Waals surface area contributed by atoms with Crippen LogP contribution < -0.4 is 46.8 Å². The number of nitrogens with zero attached hydrogens (tertiary/aromatic N) is 11. The topological polar surface area (TPSA) is 307 Å². The molecule has 0 bridgehead atoms. The molecule has 0 aliphatic carbocycles. The van der Waals surface area contributed by atoms with E-state index in [1.165, 1.54) is 7.11 Å². The number of piperazine rings is 3. The fraction of sp³-hybridized carbons (Fsp3) is 0.451. The van der Waals surface area contributed by atoms with Crippen LogP contribution in [0.15, 0.2) is 86.5 Å². The van der Waals surface area contributed by atoms with E-state index in [1.807, 2.05) is 107 Å². The first-order chi connectivity index (χ1) is 47.6. The van der Waals surface area contributed by atoms with Gasteiger partial charge in [-0.15, -0.1) is 0 Å². The van der Waals surface area contributed by atoms with Gasteiger partial charge in [0.1, 0.15) is 45.3 Å². The van der Waals surface area contributed by atoms with Crippen LogP contribution in [0.4, 0.5) is 26.2 Å². The zero-order valence-electron chi connectivity index (χ0n) is 59.7. The van der Waals surface area contributed by atoms with Crippen molar-refractivity contribution in [3.63, 3.8) is 0 Å². The number of ether oxygens (including phenoxy) is 2. The minimum absolute atomic E-state index is 0.104. The third-order valence-electron chi connectivity index (χ3n) is 15.8. The highest BCUT2D eigenvalue weighted by Crippen LogP contribution is 2.26. The van der Waals surface area contributed by atoms with Crippen LogP contribution in [-0.4, -0.2) is 198 Å². The number of fused-ring (bicyclic) bond motifs is 1. The molecule has 538 valence electrons. The van der Waals surface area contributed by atoms with Gasteiger partial charge >= 0.3 is 12.1 Å². The van der Waals surface area contributed by atoms with E-state index >= 15 is 4.39 Å². The molecule has 3 saturated heterocycles. The summed E-state index contributed by atoms with van der Waals surface area (Å²) in [6.07, 6.45) is -0.270. The molecule has 0 spiro atoms. The van der Waals surface area contributed by atoms with Gasteiger partial charge in [0.2, 0.25) is 0 Å². The number of rotatable bonds is 14. The number of amides is 5. The fourth-order valence-electron chi connectivity index (χ4n) is 10.6. The monoisotopic (exact) mass is 1510 g/mol. The number of esters is 1. The Labute approximate surface area is 601 Å². The summed E-state index contributed by atoms with van der Waals surface area (Å²) in [5, 5.41) is 14.3. The summed E-state index contributed by atoms with van der Waals surface area (Å²) < 4.78 is 26.7. The average Bonchev–Trinajstić information content (AvgIpc) is 0.797. The predicted octanol–water partition coefficient (Wildman–Crippen LogP) is 8.73. The maximum atomic E-state index is 15.0. The number of benzene rings is 1. The van der Waals surface area contributed by atoms with Crippen molar-refractivity contribution >= 4 is 95.6 Å². The first-order valence-corrected chi connectivity index (χ1v) is 34.9. The molecule has 3 aliphatic heterocycles. The van der Waals surface area contributed by atoms with Gasteiger partial charge in [0, 0.05) is 126 Å². The summed E-state index contributed by atoms with van der Waals surface area (Å²) in [5.74, 6) is -1.39. The Morgan fingerprint density at radius 3 is 1.27 bits per heavy atom. The molecular weight excluding hydrogens is 1410 g/mol. The van der Waals surface area contributed by atoms with Crippen molar-refractivity contribution in [2.24, 2.45) is 0 Å². The number of anilines is 3. The Balaban J connectivity index is 0.000000207. The van der Waals surface area contributed by atoms with E-state index in [0.29, 0.717) is 104 Å². The van der Waals surface area contributed by atoms with Crippen LogP contribution in [0, 0.1) is 47.4 Å². The number of methoxy groups -OCH3 is 1. The number of carbonyl (C=O) groups excluding carboxylic acids is 6. The molecule has 0 atom stereocenters. The molecule has 3 aliphatic rings. The lowest BCUT2D eigenvalue weighted by molar-refractivity contribution is 0.0240. The van der Waals surface area contributed by atoms with Crippen molar-refractivity contribution in [2.45, 2.75) is 102 Å².